The zero-order valence-corrected chi connectivity index (χ0v) is 8.99. The summed E-state index contributed by atoms with van der Waals surface area (Å²) in [5, 5.41) is 5.93. The minimum atomic E-state index is -1.32. The molecule has 0 saturated heterocycles. The lowest BCUT2D eigenvalue weighted by Gasteiger charge is -2.20. The largest absolute Gasteiger partial charge is 0.358 e. The van der Waals surface area contributed by atoms with Crippen molar-refractivity contribution in [2.24, 2.45) is 11.3 Å². The van der Waals surface area contributed by atoms with E-state index in [0.717, 1.165) is 6.04 Å². The molecule has 0 aromatic rings. The van der Waals surface area contributed by atoms with Gasteiger partial charge in [0.2, 0.25) is 0 Å². The molecular weight excluding hydrogens is 158 g/mol. The minimum Gasteiger partial charge on any atom is -0.358 e. The van der Waals surface area contributed by atoms with E-state index < -0.39 is 8.96 Å². The van der Waals surface area contributed by atoms with Crippen molar-refractivity contribution in [3.63, 3.8) is 0 Å². The quantitative estimate of drug-likeness (QED) is 0.491. The lowest BCUT2D eigenvalue weighted by Crippen LogP contribution is -2.43. The molecule has 2 N–H and O–H groups in total. The third-order valence-corrected chi connectivity index (χ3v) is 4.29. The van der Waals surface area contributed by atoms with Gasteiger partial charge in [-0.3, -0.25) is 0 Å². The van der Waals surface area contributed by atoms with Gasteiger partial charge >= 0.3 is 0 Å². The van der Waals surface area contributed by atoms with E-state index in [1.54, 1.807) is 14.2 Å². The van der Waals surface area contributed by atoms with E-state index in [1.165, 1.54) is 0 Å². The van der Waals surface area contributed by atoms with Crippen molar-refractivity contribution in [2.45, 2.75) is 25.8 Å². The summed E-state index contributed by atoms with van der Waals surface area (Å²) in [5.41, 5.74) is 0. The molecule has 0 radical (unpaired) electrons. The molecule has 1 atom stereocenters. The van der Waals surface area contributed by atoms with Crippen molar-refractivity contribution in [3.8, 4) is 0 Å². The van der Waals surface area contributed by atoms with E-state index in [2.05, 4.69) is 13.8 Å². The normalized spacial score (nSPS) is 14.5. The maximum Gasteiger partial charge on any atom is 0.172 e. The highest BCUT2D eigenvalue weighted by Crippen LogP contribution is 2.06. The monoisotopic (exact) mass is 177 g/mol. The number of methoxy groups -OCH3 is 2. The van der Waals surface area contributed by atoms with E-state index in [1.807, 2.05) is 0 Å². The summed E-state index contributed by atoms with van der Waals surface area (Å²) in [4.78, 5) is 0. The molecule has 0 saturated carbocycles. The summed E-state index contributed by atoms with van der Waals surface area (Å²) in [6.45, 7) is 4.32. The number of nitrogens with two attached hydrogens (primary N) is 1. The topological polar surface area (TPSA) is 44.5 Å². The molecule has 1 unspecified atom stereocenters. The van der Waals surface area contributed by atoms with Crippen molar-refractivity contribution >= 4 is 8.96 Å². The Morgan fingerprint density at radius 1 is 1.27 bits per heavy atom. The van der Waals surface area contributed by atoms with E-state index in [9.17, 15) is 0 Å². The van der Waals surface area contributed by atoms with Crippen LogP contribution in [0.3, 0.4) is 0 Å². The van der Waals surface area contributed by atoms with Crippen molar-refractivity contribution in [1.29, 1.82) is 0 Å². The highest BCUT2D eigenvalue weighted by Gasteiger charge is 2.19. The first kappa shape index (κ1) is 11.1. The van der Waals surface area contributed by atoms with Crippen LogP contribution in [0.5, 0.6) is 0 Å². The maximum absolute atomic E-state index is 5.93. The first-order valence-corrected chi connectivity index (χ1v) is 6.08. The zero-order valence-electron chi connectivity index (χ0n) is 7.83. The van der Waals surface area contributed by atoms with Gasteiger partial charge < -0.3 is 14.9 Å². The number of rotatable bonds is 5. The molecule has 0 aromatic heterocycles. The minimum absolute atomic E-state index is 0.127. The van der Waals surface area contributed by atoms with Gasteiger partial charge in [-0.1, -0.05) is 13.8 Å². The van der Waals surface area contributed by atoms with Crippen molar-refractivity contribution < 1.29 is 9.47 Å². The van der Waals surface area contributed by atoms with E-state index >= 15 is 0 Å². The summed E-state index contributed by atoms with van der Waals surface area (Å²) in [6, 6.07) is 1.06. The molecule has 0 aliphatic heterocycles. The van der Waals surface area contributed by atoms with Gasteiger partial charge in [0.1, 0.15) is 0 Å². The Kier molecular flexibility index (Phi) is 5.76. The highest BCUT2D eigenvalue weighted by atomic mass is 28.3. The molecule has 0 heterocycles. The second-order valence-electron chi connectivity index (χ2n) is 3.13. The molecule has 11 heavy (non-hydrogen) atoms. The smallest absolute Gasteiger partial charge is 0.172 e. The number of hydrogen-bond acceptors (Lipinski definition) is 3. The van der Waals surface area contributed by atoms with Gasteiger partial charge in [-0.15, -0.1) is 0 Å². The third kappa shape index (κ3) is 4.52. The summed E-state index contributed by atoms with van der Waals surface area (Å²) in [6.07, 6.45) is 0. The van der Waals surface area contributed by atoms with Crippen LogP contribution in [-0.4, -0.2) is 29.1 Å². The van der Waals surface area contributed by atoms with Crippen molar-refractivity contribution in [1.82, 2.24) is 0 Å². The van der Waals surface area contributed by atoms with Gasteiger partial charge in [0.25, 0.3) is 0 Å². The lowest BCUT2D eigenvalue weighted by atomic mass is 10.3. The van der Waals surface area contributed by atoms with E-state index in [0.29, 0.717) is 5.92 Å². The van der Waals surface area contributed by atoms with Crippen LogP contribution in [-0.2, 0) is 9.47 Å². The SMILES string of the molecule is COC(OC)[SiH](N)CC(C)C. The Hall–Kier alpha value is 0.0969. The van der Waals surface area contributed by atoms with Crippen molar-refractivity contribution in [3.05, 3.63) is 0 Å². The van der Waals surface area contributed by atoms with Crippen LogP contribution in [0.2, 0.25) is 6.04 Å². The molecule has 3 nitrogen and oxygen atoms in total. The van der Waals surface area contributed by atoms with Crippen LogP contribution in [0.4, 0.5) is 0 Å². The second kappa shape index (κ2) is 5.71. The van der Waals surface area contributed by atoms with Gasteiger partial charge in [0, 0.05) is 14.2 Å². The predicted octanol–water partition coefficient (Wildman–Crippen LogP) is 0.483. The predicted molar refractivity (Wildman–Crippen MR) is 48.8 cm³/mol. The van der Waals surface area contributed by atoms with E-state index in [4.69, 9.17) is 14.9 Å². The van der Waals surface area contributed by atoms with Crippen LogP contribution < -0.4 is 5.40 Å². The van der Waals surface area contributed by atoms with Gasteiger partial charge in [-0.25, -0.2) is 0 Å². The lowest BCUT2D eigenvalue weighted by molar-refractivity contribution is -0.0477. The Balaban J connectivity index is 3.68. The zero-order chi connectivity index (χ0) is 8.85. The highest BCUT2D eigenvalue weighted by molar-refractivity contribution is 6.56. The Bertz CT molecular complexity index is 96.4. The van der Waals surface area contributed by atoms with E-state index in [-0.39, 0.29) is 5.91 Å². The van der Waals surface area contributed by atoms with Gasteiger partial charge in [-0.05, 0) is 12.0 Å². The van der Waals surface area contributed by atoms with Crippen LogP contribution in [0, 0.1) is 5.92 Å². The molecule has 0 amide bonds. The average molecular weight is 177 g/mol. The molecule has 0 spiro atoms. The van der Waals surface area contributed by atoms with Crippen molar-refractivity contribution in [2.75, 3.05) is 14.2 Å². The van der Waals surface area contributed by atoms with Crippen LogP contribution in [0.1, 0.15) is 13.8 Å². The summed E-state index contributed by atoms with van der Waals surface area (Å²) >= 11 is 0. The maximum atomic E-state index is 5.93. The van der Waals surface area contributed by atoms with Crippen LogP contribution >= 0.6 is 0 Å². The number of ether oxygens (including phenoxy) is 2. The Labute approximate surface area is 70.6 Å². The van der Waals surface area contributed by atoms with Crippen LogP contribution in [0.25, 0.3) is 0 Å². The molecule has 0 bridgehead atoms. The molecule has 4 heteroatoms. The second-order valence-corrected chi connectivity index (χ2v) is 5.48. The molecule has 0 aliphatic rings. The molecule has 68 valence electrons. The average Bonchev–Trinajstić information content (AvgIpc) is 1.88. The fraction of sp³-hybridized carbons (Fsp3) is 1.00. The fourth-order valence-electron chi connectivity index (χ4n) is 1.10. The third-order valence-electron chi connectivity index (χ3n) is 1.56. The fourth-order valence-corrected chi connectivity index (χ4v) is 3.11. The molecule has 0 aromatic carbocycles. The molecule has 0 fully saturated rings. The molecular formula is C7H19NO2Si. The van der Waals surface area contributed by atoms with Gasteiger partial charge in [-0.2, -0.15) is 0 Å². The summed E-state index contributed by atoms with van der Waals surface area (Å²) in [7, 11) is 1.96. The first-order chi connectivity index (χ1) is 5.11. The molecule has 0 rings (SSSR count). The molecule has 0 aliphatic carbocycles. The summed E-state index contributed by atoms with van der Waals surface area (Å²) < 4.78 is 10.2. The Morgan fingerprint density at radius 3 is 2.00 bits per heavy atom. The van der Waals surface area contributed by atoms with Gasteiger partial charge in [0.15, 0.2) is 14.9 Å². The number of hydrogen-bond donors (Lipinski definition) is 1. The Morgan fingerprint density at radius 2 is 1.73 bits per heavy atom. The summed E-state index contributed by atoms with van der Waals surface area (Å²) in [5.74, 6) is 0.516. The first-order valence-electron chi connectivity index (χ1n) is 3.93. The van der Waals surface area contributed by atoms with Crippen LogP contribution in [0.15, 0.2) is 0 Å². The van der Waals surface area contributed by atoms with Gasteiger partial charge in [0.05, 0.1) is 0 Å². The standard InChI is InChI=1S/C7H19NO2Si/c1-6(2)5-11(8)7(9-3)10-4/h6-7,11H,5,8H2,1-4H3.